The Morgan fingerprint density at radius 1 is 1.07 bits per heavy atom. The number of carbonyl (C=O) groups is 2. The van der Waals surface area contributed by atoms with Crippen LogP contribution in [-0.4, -0.2) is 41.5 Å². The summed E-state index contributed by atoms with van der Waals surface area (Å²) in [6, 6.07) is 11.6. The number of hydrogen-bond acceptors (Lipinski definition) is 4. The Kier molecular flexibility index (Phi) is 5.70. The van der Waals surface area contributed by atoms with Gasteiger partial charge in [-0.25, -0.2) is 9.78 Å². The molecule has 2 fully saturated rings. The standard InChI is InChI=1S/C23H26N2O3/c26-22(25-14-13-17-5-1-2-7-19(17)15-25)16-28-23(27)12-11-20-10-9-18-6-3-4-8-21(18)24-20/h3-4,6,8-12,17,19H,1-2,5,7,13-16H2/b12-11+/t17-,19-/m0/s1. The van der Waals surface area contributed by atoms with Gasteiger partial charge < -0.3 is 9.64 Å². The van der Waals surface area contributed by atoms with E-state index in [9.17, 15) is 9.59 Å². The Hall–Kier alpha value is -2.69. The summed E-state index contributed by atoms with van der Waals surface area (Å²) in [6.07, 6.45) is 9.14. The van der Waals surface area contributed by atoms with Crippen molar-refractivity contribution in [2.24, 2.45) is 11.8 Å². The number of amides is 1. The number of para-hydroxylation sites is 1. The first-order valence-electron chi connectivity index (χ1n) is 10.2. The van der Waals surface area contributed by atoms with E-state index in [0.717, 1.165) is 36.3 Å². The summed E-state index contributed by atoms with van der Waals surface area (Å²) in [7, 11) is 0. The Balaban J connectivity index is 1.27. The second-order valence-electron chi connectivity index (χ2n) is 7.80. The van der Waals surface area contributed by atoms with Gasteiger partial charge >= 0.3 is 5.97 Å². The average molecular weight is 378 g/mol. The number of fused-ring (bicyclic) bond motifs is 2. The SMILES string of the molecule is O=C(/C=C/c1ccc2ccccc2n1)OCC(=O)N1CC[C@@H]2CCCC[C@H]2C1. The van der Waals surface area contributed by atoms with E-state index < -0.39 is 5.97 Å². The summed E-state index contributed by atoms with van der Waals surface area (Å²) in [5.74, 6) is 0.796. The van der Waals surface area contributed by atoms with Crippen molar-refractivity contribution in [1.29, 1.82) is 0 Å². The zero-order valence-corrected chi connectivity index (χ0v) is 16.0. The van der Waals surface area contributed by atoms with Crippen LogP contribution >= 0.6 is 0 Å². The third kappa shape index (κ3) is 4.41. The van der Waals surface area contributed by atoms with Crippen molar-refractivity contribution in [2.75, 3.05) is 19.7 Å². The van der Waals surface area contributed by atoms with Crippen LogP contribution in [0.1, 0.15) is 37.8 Å². The highest BCUT2D eigenvalue weighted by atomic mass is 16.5. The van der Waals surface area contributed by atoms with Crippen LogP contribution in [0.25, 0.3) is 17.0 Å². The molecule has 1 saturated heterocycles. The van der Waals surface area contributed by atoms with Crippen molar-refractivity contribution < 1.29 is 14.3 Å². The quantitative estimate of drug-likeness (QED) is 0.599. The molecule has 2 atom stereocenters. The number of likely N-dealkylation sites (tertiary alicyclic amines) is 1. The summed E-state index contributed by atoms with van der Waals surface area (Å²) in [4.78, 5) is 30.8. The number of pyridine rings is 1. The molecule has 1 saturated carbocycles. The number of ether oxygens (including phenoxy) is 1. The van der Waals surface area contributed by atoms with Crippen LogP contribution < -0.4 is 0 Å². The van der Waals surface area contributed by atoms with Crippen LogP contribution in [0.15, 0.2) is 42.5 Å². The first kappa shape index (κ1) is 18.7. The van der Waals surface area contributed by atoms with E-state index >= 15 is 0 Å². The lowest BCUT2D eigenvalue weighted by molar-refractivity contribution is -0.149. The Morgan fingerprint density at radius 3 is 2.79 bits per heavy atom. The number of piperidine rings is 1. The first-order valence-corrected chi connectivity index (χ1v) is 10.2. The molecule has 146 valence electrons. The smallest absolute Gasteiger partial charge is 0.331 e. The minimum absolute atomic E-state index is 0.0883. The van der Waals surface area contributed by atoms with Gasteiger partial charge in [-0.15, -0.1) is 0 Å². The number of nitrogens with zero attached hydrogens (tertiary/aromatic N) is 2. The van der Waals surface area contributed by atoms with Crippen molar-refractivity contribution >= 4 is 28.9 Å². The van der Waals surface area contributed by atoms with Gasteiger partial charge in [0.15, 0.2) is 6.61 Å². The third-order valence-corrected chi connectivity index (χ3v) is 5.99. The van der Waals surface area contributed by atoms with Gasteiger partial charge in [-0.3, -0.25) is 4.79 Å². The molecule has 0 N–H and O–H groups in total. The normalized spacial score (nSPS) is 22.2. The third-order valence-electron chi connectivity index (χ3n) is 5.99. The van der Waals surface area contributed by atoms with Crippen LogP contribution in [-0.2, 0) is 14.3 Å². The molecule has 2 aromatic rings. The molecule has 1 aliphatic carbocycles. The van der Waals surface area contributed by atoms with Gasteiger partial charge in [0, 0.05) is 24.6 Å². The molecule has 0 bridgehead atoms. The zero-order valence-electron chi connectivity index (χ0n) is 16.0. The van der Waals surface area contributed by atoms with E-state index in [4.69, 9.17) is 4.74 Å². The Morgan fingerprint density at radius 2 is 1.89 bits per heavy atom. The molecular weight excluding hydrogens is 352 g/mol. The summed E-state index contributed by atoms with van der Waals surface area (Å²) in [6.45, 7) is 1.41. The highest BCUT2D eigenvalue weighted by Crippen LogP contribution is 2.36. The molecule has 0 radical (unpaired) electrons. The number of esters is 1. The first-order chi connectivity index (χ1) is 13.7. The van der Waals surface area contributed by atoms with E-state index in [1.54, 1.807) is 6.08 Å². The lowest BCUT2D eigenvalue weighted by atomic mass is 9.75. The Labute approximate surface area is 165 Å². The number of rotatable bonds is 4. The van der Waals surface area contributed by atoms with Gasteiger partial charge in [0.1, 0.15) is 0 Å². The second kappa shape index (κ2) is 8.55. The predicted molar refractivity (Wildman–Crippen MR) is 108 cm³/mol. The van der Waals surface area contributed by atoms with Gasteiger partial charge in [-0.05, 0) is 42.9 Å². The van der Waals surface area contributed by atoms with E-state index in [1.165, 1.54) is 31.8 Å². The minimum Gasteiger partial charge on any atom is -0.452 e. The monoisotopic (exact) mass is 378 g/mol. The largest absolute Gasteiger partial charge is 0.452 e. The van der Waals surface area contributed by atoms with Gasteiger partial charge in [0.05, 0.1) is 11.2 Å². The van der Waals surface area contributed by atoms with E-state index in [1.807, 2.05) is 41.3 Å². The fourth-order valence-corrected chi connectivity index (χ4v) is 4.43. The van der Waals surface area contributed by atoms with Gasteiger partial charge in [-0.1, -0.05) is 43.5 Å². The van der Waals surface area contributed by atoms with E-state index in [0.29, 0.717) is 11.6 Å². The van der Waals surface area contributed by atoms with Gasteiger partial charge in [-0.2, -0.15) is 0 Å². The topological polar surface area (TPSA) is 59.5 Å². The van der Waals surface area contributed by atoms with Crippen LogP contribution in [0.3, 0.4) is 0 Å². The lowest BCUT2D eigenvalue weighted by Crippen LogP contribution is -2.46. The van der Waals surface area contributed by atoms with Crippen molar-refractivity contribution in [1.82, 2.24) is 9.88 Å². The highest BCUT2D eigenvalue weighted by Gasteiger charge is 2.32. The molecule has 5 nitrogen and oxygen atoms in total. The summed E-state index contributed by atoms with van der Waals surface area (Å²) >= 11 is 0. The van der Waals surface area contributed by atoms with Crippen LogP contribution in [0.5, 0.6) is 0 Å². The molecule has 1 aliphatic heterocycles. The molecule has 1 amide bonds. The number of aromatic nitrogens is 1. The van der Waals surface area contributed by atoms with E-state index in [2.05, 4.69) is 4.98 Å². The maximum Gasteiger partial charge on any atom is 0.331 e. The molecule has 1 aromatic heterocycles. The van der Waals surface area contributed by atoms with E-state index in [-0.39, 0.29) is 12.5 Å². The second-order valence-corrected chi connectivity index (χ2v) is 7.80. The molecule has 2 heterocycles. The molecule has 28 heavy (non-hydrogen) atoms. The number of carbonyl (C=O) groups excluding carboxylic acids is 2. The molecule has 5 heteroatoms. The van der Waals surface area contributed by atoms with Crippen molar-refractivity contribution in [3.8, 4) is 0 Å². The van der Waals surface area contributed by atoms with Crippen molar-refractivity contribution in [3.05, 3.63) is 48.2 Å². The molecule has 1 aromatic carbocycles. The maximum atomic E-state index is 12.4. The molecule has 2 aliphatic rings. The number of hydrogen-bond donors (Lipinski definition) is 0. The highest BCUT2D eigenvalue weighted by molar-refractivity contribution is 5.89. The summed E-state index contributed by atoms with van der Waals surface area (Å²) in [5.41, 5.74) is 1.56. The van der Waals surface area contributed by atoms with Gasteiger partial charge in [0.2, 0.25) is 0 Å². The van der Waals surface area contributed by atoms with Crippen molar-refractivity contribution in [2.45, 2.75) is 32.1 Å². The average Bonchev–Trinajstić information content (AvgIpc) is 2.75. The summed E-state index contributed by atoms with van der Waals surface area (Å²) < 4.78 is 5.16. The molecule has 4 rings (SSSR count). The molecule has 0 spiro atoms. The zero-order chi connectivity index (χ0) is 19.3. The lowest BCUT2D eigenvalue weighted by Gasteiger charge is -2.41. The fraction of sp³-hybridized carbons (Fsp3) is 0.435. The maximum absolute atomic E-state index is 12.4. The Bertz CT molecular complexity index is 892. The predicted octanol–water partition coefficient (Wildman–Crippen LogP) is 3.83. The van der Waals surface area contributed by atoms with Crippen LogP contribution in [0.2, 0.25) is 0 Å². The van der Waals surface area contributed by atoms with Crippen LogP contribution in [0.4, 0.5) is 0 Å². The minimum atomic E-state index is -0.518. The van der Waals surface area contributed by atoms with Crippen LogP contribution in [0, 0.1) is 11.8 Å². The molecular formula is C23H26N2O3. The molecule has 0 unspecified atom stereocenters. The fourth-order valence-electron chi connectivity index (χ4n) is 4.43. The van der Waals surface area contributed by atoms with Gasteiger partial charge in [0.25, 0.3) is 5.91 Å². The summed E-state index contributed by atoms with van der Waals surface area (Å²) in [5, 5.41) is 1.05. The number of benzene rings is 1. The van der Waals surface area contributed by atoms with Crippen molar-refractivity contribution in [3.63, 3.8) is 0 Å².